The van der Waals surface area contributed by atoms with E-state index < -0.39 is 0 Å². The Hall–Kier alpha value is -1.64. The number of fused-ring (bicyclic) bond motifs is 1. The predicted molar refractivity (Wildman–Crippen MR) is 55.4 cm³/mol. The van der Waals surface area contributed by atoms with E-state index in [0.717, 1.165) is 22.5 Å². The molecule has 1 aromatic carbocycles. The fraction of sp³-hybridized carbons (Fsp3) is 0.273. The second-order valence-corrected chi connectivity index (χ2v) is 3.09. The summed E-state index contributed by atoms with van der Waals surface area (Å²) in [6.45, 7) is 4.57. The molecule has 0 aliphatic heterocycles. The fourth-order valence-corrected chi connectivity index (χ4v) is 1.34. The predicted octanol–water partition coefficient (Wildman–Crippen LogP) is 2.34. The van der Waals surface area contributed by atoms with Crippen LogP contribution in [0.5, 0.6) is 5.75 Å². The SMILES string of the molecule is CCOc1ccc2nc(C)cnc2c1. The Bertz CT molecular complexity index is 454. The minimum absolute atomic E-state index is 0.671. The first kappa shape index (κ1) is 8.94. The van der Waals surface area contributed by atoms with Crippen LogP contribution in [-0.4, -0.2) is 16.6 Å². The normalized spacial score (nSPS) is 10.4. The molecule has 2 rings (SSSR count). The topological polar surface area (TPSA) is 35.0 Å². The lowest BCUT2D eigenvalue weighted by atomic mass is 10.3. The van der Waals surface area contributed by atoms with Gasteiger partial charge in [-0.1, -0.05) is 0 Å². The Morgan fingerprint density at radius 1 is 1.29 bits per heavy atom. The number of hydrogen-bond acceptors (Lipinski definition) is 3. The van der Waals surface area contributed by atoms with Crippen LogP contribution in [0.4, 0.5) is 0 Å². The lowest BCUT2D eigenvalue weighted by Crippen LogP contribution is -1.92. The number of aromatic nitrogens is 2. The van der Waals surface area contributed by atoms with Crippen molar-refractivity contribution in [3.63, 3.8) is 0 Å². The van der Waals surface area contributed by atoms with Crippen molar-refractivity contribution in [1.29, 1.82) is 0 Å². The number of hydrogen-bond donors (Lipinski definition) is 0. The fourth-order valence-electron chi connectivity index (χ4n) is 1.34. The second-order valence-electron chi connectivity index (χ2n) is 3.09. The average Bonchev–Trinajstić information content (AvgIpc) is 2.19. The van der Waals surface area contributed by atoms with E-state index >= 15 is 0 Å². The highest BCUT2D eigenvalue weighted by Crippen LogP contribution is 2.17. The second kappa shape index (κ2) is 3.62. The highest BCUT2D eigenvalue weighted by atomic mass is 16.5. The molecule has 0 unspecified atom stereocenters. The molecule has 0 aliphatic carbocycles. The van der Waals surface area contributed by atoms with Crippen LogP contribution in [0.1, 0.15) is 12.6 Å². The Morgan fingerprint density at radius 2 is 2.14 bits per heavy atom. The van der Waals surface area contributed by atoms with E-state index in [2.05, 4.69) is 9.97 Å². The van der Waals surface area contributed by atoms with Crippen LogP contribution in [0.3, 0.4) is 0 Å². The summed E-state index contributed by atoms with van der Waals surface area (Å²) in [5.74, 6) is 0.846. The van der Waals surface area contributed by atoms with Crippen LogP contribution < -0.4 is 4.74 Å². The van der Waals surface area contributed by atoms with Crippen molar-refractivity contribution in [2.75, 3.05) is 6.61 Å². The van der Waals surface area contributed by atoms with Crippen molar-refractivity contribution in [3.05, 3.63) is 30.1 Å². The number of aryl methyl sites for hydroxylation is 1. The molecule has 1 aromatic heterocycles. The van der Waals surface area contributed by atoms with Gasteiger partial charge in [-0.2, -0.15) is 0 Å². The maximum atomic E-state index is 5.38. The summed E-state index contributed by atoms with van der Waals surface area (Å²) in [7, 11) is 0. The van der Waals surface area contributed by atoms with E-state index in [0.29, 0.717) is 6.61 Å². The summed E-state index contributed by atoms with van der Waals surface area (Å²) < 4.78 is 5.38. The van der Waals surface area contributed by atoms with Crippen LogP contribution in [0.2, 0.25) is 0 Å². The van der Waals surface area contributed by atoms with Crippen molar-refractivity contribution in [1.82, 2.24) is 9.97 Å². The van der Waals surface area contributed by atoms with Gasteiger partial charge in [0.1, 0.15) is 5.75 Å². The van der Waals surface area contributed by atoms with Gasteiger partial charge in [-0.15, -0.1) is 0 Å². The number of nitrogens with zero attached hydrogens (tertiary/aromatic N) is 2. The van der Waals surface area contributed by atoms with Crippen molar-refractivity contribution in [2.45, 2.75) is 13.8 Å². The molecule has 0 N–H and O–H groups in total. The molecule has 2 aromatic rings. The van der Waals surface area contributed by atoms with Gasteiger partial charge in [0.05, 0.1) is 23.3 Å². The standard InChI is InChI=1S/C11H12N2O/c1-3-14-9-4-5-10-11(6-9)12-7-8(2)13-10/h4-7H,3H2,1-2H3. The van der Waals surface area contributed by atoms with Crippen LogP contribution >= 0.6 is 0 Å². The molecular formula is C11H12N2O. The molecule has 3 heteroatoms. The summed E-state index contributed by atoms with van der Waals surface area (Å²) in [5, 5.41) is 0. The van der Waals surface area contributed by atoms with Gasteiger partial charge in [-0.25, -0.2) is 4.98 Å². The highest BCUT2D eigenvalue weighted by Gasteiger charge is 1.99. The molecule has 0 atom stereocenters. The number of rotatable bonds is 2. The lowest BCUT2D eigenvalue weighted by molar-refractivity contribution is 0.340. The molecule has 3 nitrogen and oxygen atoms in total. The third-order valence-electron chi connectivity index (χ3n) is 1.95. The van der Waals surface area contributed by atoms with E-state index in [9.17, 15) is 0 Å². The van der Waals surface area contributed by atoms with Gasteiger partial charge < -0.3 is 4.74 Å². The molecule has 1 heterocycles. The Balaban J connectivity index is 2.50. The first-order valence-electron chi connectivity index (χ1n) is 4.66. The van der Waals surface area contributed by atoms with E-state index in [1.54, 1.807) is 6.20 Å². The maximum absolute atomic E-state index is 5.38. The first-order valence-corrected chi connectivity index (χ1v) is 4.66. The molecular weight excluding hydrogens is 176 g/mol. The molecule has 0 saturated carbocycles. The van der Waals surface area contributed by atoms with Crippen LogP contribution in [0.25, 0.3) is 11.0 Å². The van der Waals surface area contributed by atoms with E-state index in [1.165, 1.54) is 0 Å². The molecule has 0 radical (unpaired) electrons. The van der Waals surface area contributed by atoms with Crippen LogP contribution in [0, 0.1) is 6.92 Å². The molecule has 0 fully saturated rings. The van der Waals surface area contributed by atoms with Gasteiger partial charge >= 0.3 is 0 Å². The van der Waals surface area contributed by atoms with E-state index in [1.807, 2.05) is 32.0 Å². The Labute approximate surface area is 82.8 Å². The van der Waals surface area contributed by atoms with E-state index in [-0.39, 0.29) is 0 Å². The Kier molecular flexibility index (Phi) is 2.31. The van der Waals surface area contributed by atoms with Crippen molar-refractivity contribution >= 4 is 11.0 Å². The minimum Gasteiger partial charge on any atom is -0.494 e. The number of ether oxygens (including phenoxy) is 1. The molecule has 0 amide bonds. The minimum atomic E-state index is 0.671. The monoisotopic (exact) mass is 188 g/mol. The van der Waals surface area contributed by atoms with Crippen molar-refractivity contribution < 1.29 is 4.74 Å². The first-order chi connectivity index (χ1) is 6.79. The number of benzene rings is 1. The van der Waals surface area contributed by atoms with Crippen molar-refractivity contribution in [2.24, 2.45) is 0 Å². The van der Waals surface area contributed by atoms with Gasteiger partial charge in [0.15, 0.2) is 0 Å². The molecule has 0 aliphatic rings. The molecule has 14 heavy (non-hydrogen) atoms. The summed E-state index contributed by atoms with van der Waals surface area (Å²) in [6, 6.07) is 5.76. The molecule has 0 saturated heterocycles. The van der Waals surface area contributed by atoms with Crippen LogP contribution in [0.15, 0.2) is 24.4 Å². The summed E-state index contributed by atoms with van der Waals surface area (Å²) in [6.07, 6.45) is 1.76. The van der Waals surface area contributed by atoms with Crippen molar-refractivity contribution in [3.8, 4) is 5.75 Å². The van der Waals surface area contributed by atoms with Gasteiger partial charge in [-0.3, -0.25) is 4.98 Å². The maximum Gasteiger partial charge on any atom is 0.121 e. The molecule has 0 bridgehead atoms. The van der Waals surface area contributed by atoms with Gasteiger partial charge in [0.25, 0.3) is 0 Å². The van der Waals surface area contributed by atoms with Gasteiger partial charge in [0, 0.05) is 12.3 Å². The zero-order valence-corrected chi connectivity index (χ0v) is 8.32. The third kappa shape index (κ3) is 1.66. The highest BCUT2D eigenvalue weighted by molar-refractivity contribution is 5.75. The summed E-state index contributed by atoms with van der Waals surface area (Å²) in [4.78, 5) is 8.64. The quantitative estimate of drug-likeness (QED) is 0.725. The summed E-state index contributed by atoms with van der Waals surface area (Å²) >= 11 is 0. The van der Waals surface area contributed by atoms with Gasteiger partial charge in [-0.05, 0) is 26.0 Å². The average molecular weight is 188 g/mol. The zero-order chi connectivity index (χ0) is 9.97. The smallest absolute Gasteiger partial charge is 0.121 e. The largest absolute Gasteiger partial charge is 0.494 e. The van der Waals surface area contributed by atoms with E-state index in [4.69, 9.17) is 4.74 Å². The molecule has 0 spiro atoms. The molecule has 72 valence electrons. The lowest BCUT2D eigenvalue weighted by Gasteiger charge is -2.03. The zero-order valence-electron chi connectivity index (χ0n) is 8.32. The van der Waals surface area contributed by atoms with Gasteiger partial charge in [0.2, 0.25) is 0 Å². The Morgan fingerprint density at radius 3 is 2.93 bits per heavy atom. The third-order valence-corrected chi connectivity index (χ3v) is 1.95. The summed E-state index contributed by atoms with van der Waals surface area (Å²) in [5.41, 5.74) is 2.72. The van der Waals surface area contributed by atoms with Crippen LogP contribution in [-0.2, 0) is 0 Å².